The lowest BCUT2D eigenvalue weighted by atomic mass is 10.2. The summed E-state index contributed by atoms with van der Waals surface area (Å²) in [5.74, 6) is 8.54. The van der Waals surface area contributed by atoms with Crippen molar-refractivity contribution in [2.24, 2.45) is 0 Å². The SMILES string of the molecule is CC#Cc1ccc(OC)c(OC(C)C)c1SCc1ccccc1. The maximum Gasteiger partial charge on any atom is 0.176 e. The fourth-order valence-corrected chi connectivity index (χ4v) is 3.22. The second-order valence-electron chi connectivity index (χ2n) is 5.29. The third kappa shape index (κ3) is 4.71. The van der Waals surface area contributed by atoms with Crippen LogP contribution in [-0.2, 0) is 5.75 Å². The van der Waals surface area contributed by atoms with Gasteiger partial charge in [-0.05, 0) is 38.5 Å². The Morgan fingerprint density at radius 2 is 1.83 bits per heavy atom. The zero-order valence-corrected chi connectivity index (χ0v) is 14.9. The Hall–Kier alpha value is -2.05. The third-order valence-electron chi connectivity index (χ3n) is 3.14. The highest BCUT2D eigenvalue weighted by atomic mass is 32.2. The molecule has 2 nitrogen and oxygen atoms in total. The van der Waals surface area contributed by atoms with Gasteiger partial charge in [-0.1, -0.05) is 36.3 Å². The predicted molar refractivity (Wildman–Crippen MR) is 97.3 cm³/mol. The van der Waals surface area contributed by atoms with Crippen molar-refractivity contribution < 1.29 is 9.47 Å². The van der Waals surface area contributed by atoms with Gasteiger partial charge in [0.25, 0.3) is 0 Å². The van der Waals surface area contributed by atoms with Crippen LogP contribution in [0.1, 0.15) is 31.9 Å². The van der Waals surface area contributed by atoms with E-state index in [1.54, 1.807) is 18.9 Å². The summed E-state index contributed by atoms with van der Waals surface area (Å²) in [6.07, 6.45) is 0.0739. The highest BCUT2D eigenvalue weighted by Gasteiger charge is 2.17. The predicted octanol–water partition coefficient (Wildman–Crippen LogP) is 5.15. The van der Waals surface area contributed by atoms with Gasteiger partial charge in [0.05, 0.1) is 18.1 Å². The quantitative estimate of drug-likeness (QED) is 0.540. The molecule has 0 saturated heterocycles. The van der Waals surface area contributed by atoms with E-state index < -0.39 is 0 Å². The topological polar surface area (TPSA) is 18.5 Å². The van der Waals surface area contributed by atoms with Crippen LogP contribution in [0.25, 0.3) is 0 Å². The summed E-state index contributed by atoms with van der Waals surface area (Å²) in [5, 5.41) is 0. The summed E-state index contributed by atoms with van der Waals surface area (Å²) in [6, 6.07) is 14.3. The number of hydrogen-bond acceptors (Lipinski definition) is 3. The fraction of sp³-hybridized carbons (Fsp3) is 0.300. The molecule has 0 saturated carbocycles. The average molecular weight is 326 g/mol. The molecule has 0 radical (unpaired) electrons. The van der Waals surface area contributed by atoms with Crippen LogP contribution in [0.2, 0.25) is 0 Å². The minimum Gasteiger partial charge on any atom is -0.493 e. The molecule has 0 aliphatic rings. The molecular weight excluding hydrogens is 304 g/mol. The molecule has 0 heterocycles. The van der Waals surface area contributed by atoms with Gasteiger partial charge in [0.15, 0.2) is 11.5 Å². The first-order valence-electron chi connectivity index (χ1n) is 7.62. The molecular formula is C20H22O2S. The van der Waals surface area contributed by atoms with Gasteiger partial charge < -0.3 is 9.47 Å². The second-order valence-corrected chi connectivity index (χ2v) is 6.28. The van der Waals surface area contributed by atoms with Crippen molar-refractivity contribution in [2.75, 3.05) is 7.11 Å². The van der Waals surface area contributed by atoms with Crippen molar-refractivity contribution in [1.29, 1.82) is 0 Å². The molecule has 0 N–H and O–H groups in total. The van der Waals surface area contributed by atoms with E-state index in [-0.39, 0.29) is 6.10 Å². The summed E-state index contributed by atoms with van der Waals surface area (Å²) in [5.41, 5.74) is 2.25. The lowest BCUT2D eigenvalue weighted by molar-refractivity contribution is 0.224. The number of benzene rings is 2. The zero-order chi connectivity index (χ0) is 16.7. The van der Waals surface area contributed by atoms with Gasteiger partial charge in [0.2, 0.25) is 0 Å². The van der Waals surface area contributed by atoms with E-state index in [1.165, 1.54) is 5.56 Å². The van der Waals surface area contributed by atoms with Crippen molar-refractivity contribution in [2.45, 2.75) is 37.5 Å². The average Bonchev–Trinajstić information content (AvgIpc) is 2.55. The van der Waals surface area contributed by atoms with Gasteiger partial charge >= 0.3 is 0 Å². The van der Waals surface area contributed by atoms with E-state index in [9.17, 15) is 0 Å². The minimum atomic E-state index is 0.0739. The van der Waals surface area contributed by atoms with Crippen molar-refractivity contribution in [3.63, 3.8) is 0 Å². The van der Waals surface area contributed by atoms with Gasteiger partial charge in [-0.15, -0.1) is 17.7 Å². The first-order chi connectivity index (χ1) is 11.2. The maximum atomic E-state index is 6.03. The monoisotopic (exact) mass is 326 g/mol. The van der Waals surface area contributed by atoms with Crippen molar-refractivity contribution in [3.8, 4) is 23.3 Å². The Bertz CT molecular complexity index is 697. The summed E-state index contributed by atoms with van der Waals surface area (Å²) in [6.45, 7) is 5.88. The number of thioether (sulfide) groups is 1. The third-order valence-corrected chi connectivity index (χ3v) is 4.31. The summed E-state index contributed by atoms with van der Waals surface area (Å²) >= 11 is 1.73. The van der Waals surface area contributed by atoms with Crippen molar-refractivity contribution >= 4 is 11.8 Å². The highest BCUT2D eigenvalue weighted by Crippen LogP contribution is 2.41. The van der Waals surface area contributed by atoms with Crippen LogP contribution in [-0.4, -0.2) is 13.2 Å². The molecule has 2 aromatic rings. The molecule has 0 atom stereocenters. The highest BCUT2D eigenvalue weighted by molar-refractivity contribution is 7.98. The molecule has 2 aromatic carbocycles. The molecule has 0 aromatic heterocycles. The normalized spacial score (nSPS) is 10.1. The van der Waals surface area contributed by atoms with Crippen LogP contribution >= 0.6 is 11.8 Å². The molecule has 0 bridgehead atoms. The van der Waals surface area contributed by atoms with E-state index in [2.05, 4.69) is 36.1 Å². The van der Waals surface area contributed by atoms with Crippen LogP contribution in [0.5, 0.6) is 11.5 Å². The van der Waals surface area contributed by atoms with Crippen molar-refractivity contribution in [1.82, 2.24) is 0 Å². The van der Waals surface area contributed by atoms with Gasteiger partial charge in [-0.25, -0.2) is 0 Å². The van der Waals surface area contributed by atoms with E-state index in [1.807, 2.05) is 39.0 Å². The number of rotatable bonds is 6. The molecule has 0 spiro atoms. The molecule has 3 heteroatoms. The molecule has 0 unspecified atom stereocenters. The standard InChI is InChI=1S/C20H22O2S/c1-5-9-17-12-13-18(21-4)19(22-15(2)3)20(17)23-14-16-10-7-6-8-11-16/h6-8,10-13,15H,14H2,1-4H3. The van der Waals surface area contributed by atoms with Gasteiger partial charge in [0, 0.05) is 11.3 Å². The van der Waals surface area contributed by atoms with Crippen LogP contribution in [0.15, 0.2) is 47.4 Å². The molecule has 120 valence electrons. The van der Waals surface area contributed by atoms with Crippen LogP contribution < -0.4 is 9.47 Å². The summed E-state index contributed by atoms with van der Waals surface area (Å²) in [7, 11) is 1.67. The van der Waals surface area contributed by atoms with E-state index in [0.717, 1.165) is 27.7 Å². The van der Waals surface area contributed by atoms with Gasteiger partial charge in [0.1, 0.15) is 0 Å². The number of ether oxygens (including phenoxy) is 2. The lowest BCUT2D eigenvalue weighted by Crippen LogP contribution is -2.08. The number of methoxy groups -OCH3 is 1. The Morgan fingerprint density at radius 1 is 1.09 bits per heavy atom. The molecule has 0 aliphatic carbocycles. The second kappa shape index (κ2) is 8.55. The molecule has 0 aliphatic heterocycles. The first kappa shape index (κ1) is 17.3. The number of hydrogen-bond donors (Lipinski definition) is 0. The zero-order valence-electron chi connectivity index (χ0n) is 14.1. The van der Waals surface area contributed by atoms with Crippen LogP contribution in [0.3, 0.4) is 0 Å². The van der Waals surface area contributed by atoms with E-state index >= 15 is 0 Å². The van der Waals surface area contributed by atoms with Crippen LogP contribution in [0, 0.1) is 11.8 Å². The molecule has 23 heavy (non-hydrogen) atoms. The first-order valence-corrected chi connectivity index (χ1v) is 8.61. The smallest absolute Gasteiger partial charge is 0.176 e. The van der Waals surface area contributed by atoms with E-state index in [0.29, 0.717) is 0 Å². The van der Waals surface area contributed by atoms with E-state index in [4.69, 9.17) is 9.47 Å². The molecule has 0 amide bonds. The van der Waals surface area contributed by atoms with Crippen molar-refractivity contribution in [3.05, 3.63) is 53.6 Å². The lowest BCUT2D eigenvalue weighted by Gasteiger charge is -2.18. The Balaban J connectivity index is 2.40. The summed E-state index contributed by atoms with van der Waals surface area (Å²) in [4.78, 5) is 1.04. The largest absolute Gasteiger partial charge is 0.493 e. The summed E-state index contributed by atoms with van der Waals surface area (Å²) < 4.78 is 11.5. The Labute approximate surface area is 143 Å². The molecule has 2 rings (SSSR count). The Kier molecular flexibility index (Phi) is 6.43. The van der Waals surface area contributed by atoms with Gasteiger partial charge in [-0.3, -0.25) is 0 Å². The molecule has 0 fully saturated rings. The van der Waals surface area contributed by atoms with Gasteiger partial charge in [-0.2, -0.15) is 0 Å². The maximum absolute atomic E-state index is 6.03. The Morgan fingerprint density at radius 3 is 2.43 bits per heavy atom. The van der Waals surface area contributed by atoms with Crippen LogP contribution in [0.4, 0.5) is 0 Å². The fourth-order valence-electron chi connectivity index (χ4n) is 2.16. The minimum absolute atomic E-state index is 0.0739.